The Hall–Kier alpha value is -3.40. The van der Waals surface area contributed by atoms with Crippen LogP contribution >= 0.6 is 0 Å². The molecule has 0 aliphatic heterocycles. The first-order valence-electron chi connectivity index (χ1n) is 9.04. The van der Waals surface area contributed by atoms with E-state index >= 15 is 0 Å². The third kappa shape index (κ3) is 5.35. The van der Waals surface area contributed by atoms with Gasteiger partial charge in [-0.15, -0.1) is 0 Å². The van der Waals surface area contributed by atoms with Gasteiger partial charge in [-0.3, -0.25) is 9.10 Å². The molecule has 0 bridgehead atoms. The van der Waals surface area contributed by atoms with Gasteiger partial charge in [0, 0.05) is 5.56 Å². The molecule has 30 heavy (non-hydrogen) atoms. The van der Waals surface area contributed by atoms with Crippen LogP contribution in [0, 0.1) is 6.92 Å². The minimum absolute atomic E-state index is 0.0203. The topological polar surface area (TPSA) is 115 Å². The Bertz CT molecular complexity index is 1110. The molecule has 0 aliphatic carbocycles. The smallest absolute Gasteiger partial charge is 0.246 e. The predicted molar refractivity (Wildman–Crippen MR) is 112 cm³/mol. The van der Waals surface area contributed by atoms with Crippen LogP contribution in [0.15, 0.2) is 53.1 Å². The normalized spacial score (nSPS) is 11.2. The van der Waals surface area contributed by atoms with Crippen molar-refractivity contribution in [3.8, 4) is 17.1 Å². The number of hydrogen-bond acceptors (Lipinski definition) is 7. The summed E-state index contributed by atoms with van der Waals surface area (Å²) in [6.45, 7) is 1.51. The van der Waals surface area contributed by atoms with Crippen LogP contribution in [0.2, 0.25) is 0 Å². The summed E-state index contributed by atoms with van der Waals surface area (Å²) in [5, 5.41) is 6.50. The van der Waals surface area contributed by atoms with E-state index in [1.165, 1.54) is 0 Å². The monoisotopic (exact) mass is 430 g/mol. The van der Waals surface area contributed by atoms with Crippen molar-refractivity contribution >= 4 is 21.6 Å². The SMILES string of the molecule is COc1ccc(-c2noc(CNC(=O)CN(c3ccc(C)cc3)S(C)(=O)=O)n2)cc1. The number of amides is 1. The number of aromatic nitrogens is 2. The van der Waals surface area contributed by atoms with E-state index in [9.17, 15) is 13.2 Å². The highest BCUT2D eigenvalue weighted by Crippen LogP contribution is 2.20. The maximum atomic E-state index is 12.3. The van der Waals surface area contributed by atoms with Gasteiger partial charge in [-0.25, -0.2) is 8.42 Å². The molecule has 3 rings (SSSR count). The van der Waals surface area contributed by atoms with E-state index in [-0.39, 0.29) is 19.0 Å². The highest BCUT2D eigenvalue weighted by atomic mass is 32.2. The molecular formula is C20H22N4O5S. The van der Waals surface area contributed by atoms with Crippen LogP contribution in [-0.4, -0.2) is 44.4 Å². The molecule has 0 spiro atoms. The van der Waals surface area contributed by atoms with Crippen molar-refractivity contribution in [2.75, 3.05) is 24.2 Å². The van der Waals surface area contributed by atoms with E-state index in [0.29, 0.717) is 17.3 Å². The highest BCUT2D eigenvalue weighted by Gasteiger charge is 2.21. The van der Waals surface area contributed by atoms with E-state index in [4.69, 9.17) is 9.26 Å². The largest absolute Gasteiger partial charge is 0.497 e. The number of nitrogens with zero attached hydrogens (tertiary/aromatic N) is 3. The molecule has 158 valence electrons. The Morgan fingerprint density at radius 3 is 2.40 bits per heavy atom. The molecule has 0 saturated heterocycles. The van der Waals surface area contributed by atoms with E-state index in [1.54, 1.807) is 55.6 Å². The Labute approximate surface area is 174 Å². The summed E-state index contributed by atoms with van der Waals surface area (Å²) < 4.78 is 35.6. The lowest BCUT2D eigenvalue weighted by molar-refractivity contribution is -0.119. The molecule has 0 saturated carbocycles. The van der Waals surface area contributed by atoms with Crippen LogP contribution in [0.25, 0.3) is 11.4 Å². The number of aryl methyl sites for hydroxylation is 1. The molecule has 1 heterocycles. The number of carbonyl (C=O) groups excluding carboxylic acids is 1. The van der Waals surface area contributed by atoms with E-state index in [2.05, 4.69) is 15.5 Å². The van der Waals surface area contributed by atoms with Gasteiger partial charge in [0.15, 0.2) is 0 Å². The highest BCUT2D eigenvalue weighted by molar-refractivity contribution is 7.92. The Morgan fingerprint density at radius 1 is 1.13 bits per heavy atom. The first-order chi connectivity index (χ1) is 14.3. The summed E-state index contributed by atoms with van der Waals surface area (Å²) in [6, 6.07) is 14.0. The number of nitrogens with one attached hydrogen (secondary N) is 1. The van der Waals surface area contributed by atoms with Crippen LogP contribution in [0.1, 0.15) is 11.5 Å². The summed E-state index contributed by atoms with van der Waals surface area (Å²) in [4.78, 5) is 16.6. The third-order valence-corrected chi connectivity index (χ3v) is 5.40. The van der Waals surface area contributed by atoms with Crippen molar-refractivity contribution in [3.05, 3.63) is 60.0 Å². The Kier molecular flexibility index (Phi) is 6.36. The lowest BCUT2D eigenvalue weighted by Gasteiger charge is -2.21. The number of hydrogen-bond donors (Lipinski definition) is 1. The molecular weight excluding hydrogens is 408 g/mol. The van der Waals surface area contributed by atoms with E-state index in [0.717, 1.165) is 21.7 Å². The van der Waals surface area contributed by atoms with Crippen LogP contribution in [0.5, 0.6) is 5.75 Å². The van der Waals surface area contributed by atoms with E-state index in [1.807, 2.05) is 6.92 Å². The standard InChI is InChI=1S/C20H22N4O5S/c1-14-4-8-16(9-5-14)24(30(3,26)27)13-18(25)21-12-19-22-20(23-29-19)15-6-10-17(28-2)11-7-15/h4-11H,12-13H2,1-3H3,(H,21,25). The Morgan fingerprint density at radius 2 is 1.80 bits per heavy atom. The molecule has 0 atom stereocenters. The second kappa shape index (κ2) is 8.95. The zero-order valence-corrected chi connectivity index (χ0v) is 17.6. The first kappa shape index (κ1) is 21.3. The third-order valence-electron chi connectivity index (χ3n) is 4.26. The number of benzene rings is 2. The maximum absolute atomic E-state index is 12.3. The summed E-state index contributed by atoms with van der Waals surface area (Å²) >= 11 is 0. The second-order valence-electron chi connectivity index (χ2n) is 6.62. The number of anilines is 1. The molecule has 1 aromatic heterocycles. The quantitative estimate of drug-likeness (QED) is 0.582. The van der Waals surface area contributed by atoms with Gasteiger partial charge in [0.05, 0.1) is 25.6 Å². The molecule has 1 amide bonds. The van der Waals surface area contributed by atoms with Gasteiger partial charge in [0.1, 0.15) is 12.3 Å². The van der Waals surface area contributed by atoms with Crippen molar-refractivity contribution in [1.29, 1.82) is 0 Å². The summed E-state index contributed by atoms with van der Waals surface area (Å²) in [7, 11) is -2.06. The number of methoxy groups -OCH3 is 1. The number of carbonyl (C=O) groups is 1. The Balaban J connectivity index is 1.63. The van der Waals surface area contributed by atoms with Crippen molar-refractivity contribution < 1.29 is 22.5 Å². The van der Waals surface area contributed by atoms with Crippen molar-refractivity contribution in [2.24, 2.45) is 0 Å². The van der Waals surface area contributed by atoms with Gasteiger partial charge in [-0.2, -0.15) is 4.98 Å². The molecule has 0 fully saturated rings. The van der Waals surface area contributed by atoms with Gasteiger partial charge in [0.2, 0.25) is 27.6 Å². The van der Waals surface area contributed by atoms with Gasteiger partial charge < -0.3 is 14.6 Å². The lowest BCUT2D eigenvalue weighted by Crippen LogP contribution is -2.40. The maximum Gasteiger partial charge on any atom is 0.246 e. The van der Waals surface area contributed by atoms with Gasteiger partial charge >= 0.3 is 0 Å². The fourth-order valence-electron chi connectivity index (χ4n) is 2.66. The van der Waals surface area contributed by atoms with E-state index < -0.39 is 15.9 Å². The molecule has 1 N–H and O–H groups in total. The molecule has 3 aromatic rings. The molecule has 0 unspecified atom stereocenters. The zero-order valence-electron chi connectivity index (χ0n) is 16.8. The average Bonchev–Trinajstić information content (AvgIpc) is 3.20. The molecule has 0 radical (unpaired) electrons. The van der Waals surface area contributed by atoms with Crippen molar-refractivity contribution in [2.45, 2.75) is 13.5 Å². The minimum Gasteiger partial charge on any atom is -0.497 e. The van der Waals surface area contributed by atoms with Crippen LogP contribution < -0.4 is 14.4 Å². The summed E-state index contributed by atoms with van der Waals surface area (Å²) in [5.41, 5.74) is 2.14. The van der Waals surface area contributed by atoms with Gasteiger partial charge in [-0.1, -0.05) is 22.9 Å². The van der Waals surface area contributed by atoms with Gasteiger partial charge in [0.25, 0.3) is 0 Å². The van der Waals surface area contributed by atoms with Crippen LogP contribution in [-0.2, 0) is 21.4 Å². The molecule has 9 nitrogen and oxygen atoms in total. The van der Waals surface area contributed by atoms with Crippen molar-refractivity contribution in [1.82, 2.24) is 15.5 Å². The first-order valence-corrected chi connectivity index (χ1v) is 10.9. The van der Waals surface area contributed by atoms with Crippen molar-refractivity contribution in [3.63, 3.8) is 0 Å². The van der Waals surface area contributed by atoms with Crippen LogP contribution in [0.4, 0.5) is 5.69 Å². The van der Waals surface area contributed by atoms with Crippen LogP contribution in [0.3, 0.4) is 0 Å². The second-order valence-corrected chi connectivity index (χ2v) is 8.53. The summed E-state index contributed by atoms with van der Waals surface area (Å²) in [6.07, 6.45) is 1.05. The molecule has 2 aromatic carbocycles. The lowest BCUT2D eigenvalue weighted by atomic mass is 10.2. The average molecular weight is 430 g/mol. The molecule has 0 aliphatic rings. The number of ether oxygens (including phenoxy) is 1. The predicted octanol–water partition coefficient (Wildman–Crippen LogP) is 2.14. The zero-order chi connectivity index (χ0) is 21.7. The minimum atomic E-state index is -3.64. The number of rotatable bonds is 8. The fourth-order valence-corrected chi connectivity index (χ4v) is 3.51. The fraction of sp³-hybridized carbons (Fsp3) is 0.250. The summed E-state index contributed by atoms with van der Waals surface area (Å²) in [5.74, 6) is 0.790. The molecule has 10 heteroatoms. The number of sulfonamides is 1. The van der Waals surface area contributed by atoms with Gasteiger partial charge in [-0.05, 0) is 43.3 Å².